The topological polar surface area (TPSA) is 42.9 Å². The van der Waals surface area contributed by atoms with Crippen LogP contribution in [-0.4, -0.2) is 63.2 Å². The van der Waals surface area contributed by atoms with Gasteiger partial charge in [0, 0.05) is 38.8 Å². The van der Waals surface area contributed by atoms with Crippen LogP contribution in [0.4, 0.5) is 14.5 Å². The fraction of sp³-hybridized carbons (Fsp3) is 0.650. The molecule has 1 heterocycles. The van der Waals surface area contributed by atoms with Crippen molar-refractivity contribution in [2.75, 3.05) is 45.2 Å². The van der Waals surface area contributed by atoms with Crippen molar-refractivity contribution in [3.63, 3.8) is 0 Å². The summed E-state index contributed by atoms with van der Waals surface area (Å²) >= 11 is 0. The highest BCUT2D eigenvalue weighted by Gasteiger charge is 2.27. The second kappa shape index (κ2) is 10.4. The first-order valence-corrected chi connectivity index (χ1v) is 9.78. The van der Waals surface area contributed by atoms with E-state index in [1.54, 1.807) is 11.9 Å². The number of guanidine groups is 1. The zero-order chi connectivity index (χ0) is 19.8. The smallest absolute Gasteiger partial charge is 0.191 e. The molecule has 0 saturated carbocycles. The summed E-state index contributed by atoms with van der Waals surface area (Å²) in [5.41, 5.74) is 0.0685. The molecule has 1 aliphatic rings. The third-order valence-corrected chi connectivity index (χ3v) is 5.12. The third kappa shape index (κ3) is 6.34. The molecule has 1 aromatic rings. The van der Waals surface area contributed by atoms with Gasteiger partial charge in [0.1, 0.15) is 17.3 Å². The van der Waals surface area contributed by atoms with E-state index < -0.39 is 11.6 Å². The standard InChI is InChI=1S/C20H33F2N5/c1-15(2)26(4)12-6-5-11-24-20(23-3)25-16-10-13-27(14-16)19-17(21)8-7-9-18(19)22/h7-9,15-16H,5-6,10-14H2,1-4H3,(H2,23,24,25). The van der Waals surface area contributed by atoms with E-state index in [9.17, 15) is 8.78 Å². The monoisotopic (exact) mass is 381 g/mol. The van der Waals surface area contributed by atoms with Crippen molar-refractivity contribution < 1.29 is 8.78 Å². The van der Waals surface area contributed by atoms with Crippen LogP contribution in [0.15, 0.2) is 23.2 Å². The minimum Gasteiger partial charge on any atom is -0.365 e. The normalized spacial score (nSPS) is 17.9. The molecule has 0 amide bonds. The summed E-state index contributed by atoms with van der Waals surface area (Å²) in [6.07, 6.45) is 3.01. The lowest BCUT2D eigenvalue weighted by molar-refractivity contribution is 0.268. The van der Waals surface area contributed by atoms with Gasteiger partial charge < -0.3 is 20.4 Å². The van der Waals surface area contributed by atoms with E-state index in [1.165, 1.54) is 18.2 Å². The molecule has 2 N–H and O–H groups in total. The predicted molar refractivity (Wildman–Crippen MR) is 108 cm³/mol. The maximum atomic E-state index is 14.0. The lowest BCUT2D eigenvalue weighted by Gasteiger charge is -2.22. The molecule has 0 radical (unpaired) electrons. The average Bonchev–Trinajstić information content (AvgIpc) is 3.08. The lowest BCUT2D eigenvalue weighted by Crippen LogP contribution is -2.45. The van der Waals surface area contributed by atoms with Gasteiger partial charge in [-0.2, -0.15) is 0 Å². The first-order chi connectivity index (χ1) is 12.9. The number of halogens is 2. The van der Waals surface area contributed by atoms with Gasteiger partial charge in [-0.15, -0.1) is 0 Å². The summed E-state index contributed by atoms with van der Waals surface area (Å²) in [4.78, 5) is 8.36. The fourth-order valence-corrected chi connectivity index (χ4v) is 3.21. The molecule has 0 aliphatic carbocycles. The molecule has 0 aromatic heterocycles. The Labute approximate surface area is 161 Å². The maximum absolute atomic E-state index is 14.0. The quantitative estimate of drug-likeness (QED) is 0.413. The second-order valence-corrected chi connectivity index (χ2v) is 7.43. The molecule has 5 nitrogen and oxygen atoms in total. The average molecular weight is 382 g/mol. The molecule has 1 atom stereocenters. The summed E-state index contributed by atoms with van der Waals surface area (Å²) in [5.74, 6) is -0.276. The Morgan fingerprint density at radius 2 is 2.00 bits per heavy atom. The van der Waals surface area contributed by atoms with Crippen molar-refractivity contribution in [2.24, 2.45) is 4.99 Å². The van der Waals surface area contributed by atoms with Gasteiger partial charge in [-0.1, -0.05) is 6.07 Å². The molecule has 1 aliphatic heterocycles. The second-order valence-electron chi connectivity index (χ2n) is 7.43. The lowest BCUT2D eigenvalue weighted by atomic mass is 10.2. The van der Waals surface area contributed by atoms with Crippen LogP contribution in [-0.2, 0) is 0 Å². The summed E-state index contributed by atoms with van der Waals surface area (Å²) in [6.45, 7) is 7.50. The molecule has 1 saturated heterocycles. The minimum absolute atomic E-state index is 0.0685. The number of rotatable bonds is 8. The Morgan fingerprint density at radius 1 is 1.30 bits per heavy atom. The number of benzene rings is 1. The molecular formula is C20H33F2N5. The van der Waals surface area contributed by atoms with E-state index in [0.717, 1.165) is 38.3 Å². The predicted octanol–water partition coefficient (Wildman–Crippen LogP) is 2.83. The maximum Gasteiger partial charge on any atom is 0.191 e. The summed E-state index contributed by atoms with van der Waals surface area (Å²) in [5, 5.41) is 6.69. The number of unbranched alkanes of at least 4 members (excludes halogenated alkanes) is 1. The minimum atomic E-state index is -0.510. The van der Waals surface area contributed by atoms with Crippen LogP contribution in [0.3, 0.4) is 0 Å². The Hall–Kier alpha value is -1.89. The fourth-order valence-electron chi connectivity index (χ4n) is 3.21. The van der Waals surface area contributed by atoms with Crippen LogP contribution in [0.25, 0.3) is 0 Å². The van der Waals surface area contributed by atoms with E-state index in [0.29, 0.717) is 19.1 Å². The van der Waals surface area contributed by atoms with Crippen LogP contribution in [0, 0.1) is 11.6 Å². The van der Waals surface area contributed by atoms with Gasteiger partial charge in [0.2, 0.25) is 0 Å². The Bertz CT molecular complexity index is 600. The molecule has 7 heteroatoms. The molecule has 0 spiro atoms. The molecule has 0 bridgehead atoms. The van der Waals surface area contributed by atoms with Crippen LogP contribution >= 0.6 is 0 Å². The Morgan fingerprint density at radius 3 is 2.63 bits per heavy atom. The largest absolute Gasteiger partial charge is 0.365 e. The van der Waals surface area contributed by atoms with E-state index in [2.05, 4.69) is 41.4 Å². The molecule has 27 heavy (non-hydrogen) atoms. The van der Waals surface area contributed by atoms with Gasteiger partial charge in [0.05, 0.1) is 0 Å². The van der Waals surface area contributed by atoms with Crippen molar-refractivity contribution in [1.82, 2.24) is 15.5 Å². The number of hydrogen-bond acceptors (Lipinski definition) is 3. The van der Waals surface area contributed by atoms with Gasteiger partial charge in [0.15, 0.2) is 5.96 Å². The van der Waals surface area contributed by atoms with Gasteiger partial charge >= 0.3 is 0 Å². The van der Waals surface area contributed by atoms with Crippen LogP contribution in [0.2, 0.25) is 0 Å². The van der Waals surface area contributed by atoms with Gasteiger partial charge in [0.25, 0.3) is 0 Å². The number of anilines is 1. The van der Waals surface area contributed by atoms with Gasteiger partial charge in [-0.05, 0) is 58.8 Å². The first kappa shape index (κ1) is 21.4. The summed E-state index contributed by atoms with van der Waals surface area (Å²) in [6, 6.07) is 4.68. The molecule has 152 valence electrons. The Kier molecular flexibility index (Phi) is 8.28. The van der Waals surface area contributed by atoms with Crippen LogP contribution in [0.5, 0.6) is 0 Å². The van der Waals surface area contributed by atoms with Crippen molar-refractivity contribution in [3.8, 4) is 0 Å². The molecule has 1 aromatic carbocycles. The zero-order valence-corrected chi connectivity index (χ0v) is 16.9. The SMILES string of the molecule is CN=C(NCCCCN(C)C(C)C)NC1CCN(c2c(F)cccc2F)C1. The van der Waals surface area contributed by atoms with Crippen molar-refractivity contribution >= 4 is 11.6 Å². The highest BCUT2D eigenvalue weighted by molar-refractivity contribution is 5.80. The van der Waals surface area contributed by atoms with E-state index in [-0.39, 0.29) is 11.7 Å². The molecule has 1 fully saturated rings. The van der Waals surface area contributed by atoms with Gasteiger partial charge in [-0.25, -0.2) is 8.78 Å². The number of nitrogens with one attached hydrogen (secondary N) is 2. The van der Waals surface area contributed by atoms with Gasteiger partial charge in [-0.3, -0.25) is 4.99 Å². The number of para-hydroxylation sites is 1. The van der Waals surface area contributed by atoms with Crippen LogP contribution in [0.1, 0.15) is 33.1 Å². The third-order valence-electron chi connectivity index (χ3n) is 5.12. The van der Waals surface area contributed by atoms with E-state index >= 15 is 0 Å². The van der Waals surface area contributed by atoms with E-state index in [4.69, 9.17) is 0 Å². The molecule has 2 rings (SSSR count). The van der Waals surface area contributed by atoms with Crippen molar-refractivity contribution in [1.29, 1.82) is 0 Å². The van der Waals surface area contributed by atoms with E-state index in [1.807, 2.05) is 0 Å². The van der Waals surface area contributed by atoms with Crippen LogP contribution < -0.4 is 15.5 Å². The van der Waals surface area contributed by atoms with Crippen molar-refractivity contribution in [3.05, 3.63) is 29.8 Å². The van der Waals surface area contributed by atoms with Crippen molar-refractivity contribution in [2.45, 2.75) is 45.2 Å². The zero-order valence-electron chi connectivity index (χ0n) is 16.9. The number of hydrogen-bond donors (Lipinski definition) is 2. The number of aliphatic imine (C=N–C) groups is 1. The molecular weight excluding hydrogens is 348 g/mol. The summed E-state index contributed by atoms with van der Waals surface area (Å²) in [7, 11) is 3.88. The first-order valence-electron chi connectivity index (χ1n) is 9.78. The Balaban J connectivity index is 1.74. The highest BCUT2D eigenvalue weighted by Crippen LogP contribution is 2.26. The highest BCUT2D eigenvalue weighted by atomic mass is 19.1. The number of nitrogens with zero attached hydrogens (tertiary/aromatic N) is 3. The molecule has 1 unspecified atom stereocenters. The summed E-state index contributed by atoms with van der Waals surface area (Å²) < 4.78 is 27.9.